The SMILES string of the molecule is C[C@H]1C[C@@H](C(=O)Nc2ccc(=O)n(C)c2)CCN1.Cl. The van der Waals surface area contributed by atoms with Crippen LogP contribution in [0.2, 0.25) is 0 Å². The number of anilines is 1. The maximum absolute atomic E-state index is 12.1. The van der Waals surface area contributed by atoms with Gasteiger partial charge in [0.2, 0.25) is 11.5 Å². The second kappa shape index (κ2) is 6.73. The van der Waals surface area contributed by atoms with Crippen molar-refractivity contribution in [2.75, 3.05) is 11.9 Å². The molecule has 0 aliphatic carbocycles. The first-order valence-electron chi connectivity index (χ1n) is 6.27. The van der Waals surface area contributed by atoms with Crippen molar-refractivity contribution >= 4 is 24.0 Å². The van der Waals surface area contributed by atoms with Crippen LogP contribution in [0.4, 0.5) is 5.69 Å². The molecule has 1 fully saturated rings. The van der Waals surface area contributed by atoms with Crippen molar-refractivity contribution in [3.05, 3.63) is 28.7 Å². The van der Waals surface area contributed by atoms with Crippen molar-refractivity contribution in [3.8, 4) is 0 Å². The largest absolute Gasteiger partial charge is 0.325 e. The Kier molecular flexibility index (Phi) is 5.57. The molecule has 2 heterocycles. The minimum Gasteiger partial charge on any atom is -0.325 e. The number of carbonyl (C=O) groups is 1. The summed E-state index contributed by atoms with van der Waals surface area (Å²) in [7, 11) is 1.67. The predicted octanol–water partition coefficient (Wildman–Crippen LogP) is 1.13. The zero-order valence-electron chi connectivity index (χ0n) is 11.2. The fourth-order valence-corrected chi connectivity index (χ4v) is 2.28. The van der Waals surface area contributed by atoms with Crippen LogP contribution >= 0.6 is 12.4 Å². The molecule has 6 heteroatoms. The number of nitrogens with zero attached hydrogens (tertiary/aromatic N) is 1. The van der Waals surface area contributed by atoms with E-state index in [9.17, 15) is 9.59 Å². The van der Waals surface area contributed by atoms with E-state index in [-0.39, 0.29) is 29.8 Å². The quantitative estimate of drug-likeness (QED) is 0.856. The molecular formula is C13H20ClN3O2. The Hall–Kier alpha value is -1.33. The Balaban J connectivity index is 0.00000180. The molecule has 0 unspecified atom stereocenters. The molecule has 0 aromatic carbocycles. The van der Waals surface area contributed by atoms with E-state index in [0.717, 1.165) is 19.4 Å². The molecule has 0 radical (unpaired) electrons. The molecule has 1 aromatic heterocycles. The van der Waals surface area contributed by atoms with Gasteiger partial charge in [0.15, 0.2) is 0 Å². The van der Waals surface area contributed by atoms with E-state index in [2.05, 4.69) is 17.6 Å². The summed E-state index contributed by atoms with van der Waals surface area (Å²) >= 11 is 0. The van der Waals surface area contributed by atoms with Gasteiger partial charge in [-0.1, -0.05) is 0 Å². The van der Waals surface area contributed by atoms with Crippen molar-refractivity contribution in [2.24, 2.45) is 13.0 Å². The summed E-state index contributed by atoms with van der Waals surface area (Å²) in [4.78, 5) is 23.3. The molecule has 5 nitrogen and oxygen atoms in total. The van der Waals surface area contributed by atoms with Gasteiger partial charge in [-0.05, 0) is 32.4 Å². The van der Waals surface area contributed by atoms with E-state index in [1.165, 1.54) is 10.6 Å². The Bertz CT molecular complexity index is 501. The predicted molar refractivity (Wildman–Crippen MR) is 77.7 cm³/mol. The molecule has 2 atom stereocenters. The summed E-state index contributed by atoms with van der Waals surface area (Å²) in [6.07, 6.45) is 3.37. The molecule has 106 valence electrons. The average Bonchev–Trinajstić information content (AvgIpc) is 2.34. The standard InChI is InChI=1S/C13H19N3O2.ClH/c1-9-7-10(5-6-14-9)13(18)15-11-3-4-12(17)16(2)8-11;/h3-4,8-10,14H,5-7H2,1-2H3,(H,15,18);1H/t9-,10-;/m0./s1. The first-order chi connectivity index (χ1) is 8.56. The number of pyridine rings is 1. The van der Waals surface area contributed by atoms with Crippen molar-refractivity contribution in [2.45, 2.75) is 25.8 Å². The number of rotatable bonds is 2. The highest BCUT2D eigenvalue weighted by molar-refractivity contribution is 5.92. The maximum Gasteiger partial charge on any atom is 0.250 e. The van der Waals surface area contributed by atoms with Crippen LogP contribution in [-0.2, 0) is 11.8 Å². The smallest absolute Gasteiger partial charge is 0.250 e. The van der Waals surface area contributed by atoms with Crippen molar-refractivity contribution in [3.63, 3.8) is 0 Å². The highest BCUT2D eigenvalue weighted by Gasteiger charge is 2.24. The van der Waals surface area contributed by atoms with Gasteiger partial charge < -0.3 is 15.2 Å². The number of aryl methyl sites for hydroxylation is 1. The average molecular weight is 286 g/mol. The van der Waals surface area contributed by atoms with Crippen LogP contribution in [0.5, 0.6) is 0 Å². The lowest BCUT2D eigenvalue weighted by Crippen LogP contribution is -2.40. The van der Waals surface area contributed by atoms with Gasteiger partial charge in [0, 0.05) is 31.3 Å². The van der Waals surface area contributed by atoms with E-state index in [1.807, 2.05) is 0 Å². The van der Waals surface area contributed by atoms with E-state index >= 15 is 0 Å². The van der Waals surface area contributed by atoms with Gasteiger partial charge in [-0.15, -0.1) is 12.4 Å². The minimum absolute atomic E-state index is 0. The maximum atomic E-state index is 12.1. The molecule has 0 saturated carbocycles. The zero-order chi connectivity index (χ0) is 13.1. The molecule has 2 rings (SSSR count). The molecule has 2 N–H and O–H groups in total. The van der Waals surface area contributed by atoms with Crippen molar-refractivity contribution < 1.29 is 4.79 Å². The lowest BCUT2D eigenvalue weighted by molar-refractivity contribution is -0.120. The number of carbonyl (C=O) groups excluding carboxylic acids is 1. The van der Waals surface area contributed by atoms with E-state index in [4.69, 9.17) is 0 Å². The highest BCUT2D eigenvalue weighted by Crippen LogP contribution is 2.18. The summed E-state index contributed by atoms with van der Waals surface area (Å²) in [6.45, 7) is 2.97. The van der Waals surface area contributed by atoms with Crippen LogP contribution in [0.25, 0.3) is 0 Å². The van der Waals surface area contributed by atoms with Crippen LogP contribution in [-0.4, -0.2) is 23.1 Å². The van der Waals surface area contributed by atoms with E-state index < -0.39 is 0 Å². The van der Waals surface area contributed by atoms with Gasteiger partial charge in [0.1, 0.15) is 0 Å². The normalized spacial score (nSPS) is 22.4. The number of piperidine rings is 1. The van der Waals surface area contributed by atoms with E-state index in [0.29, 0.717) is 11.7 Å². The zero-order valence-corrected chi connectivity index (χ0v) is 12.0. The number of hydrogen-bond acceptors (Lipinski definition) is 3. The summed E-state index contributed by atoms with van der Waals surface area (Å²) in [5.41, 5.74) is 0.594. The van der Waals surface area contributed by atoms with Crippen LogP contribution in [0.1, 0.15) is 19.8 Å². The van der Waals surface area contributed by atoms with Crippen molar-refractivity contribution in [1.29, 1.82) is 0 Å². The van der Waals surface area contributed by atoms with Gasteiger partial charge in [-0.25, -0.2) is 0 Å². The monoisotopic (exact) mass is 285 g/mol. The second-order valence-electron chi connectivity index (χ2n) is 4.93. The molecule has 0 spiro atoms. The van der Waals surface area contributed by atoms with Gasteiger partial charge >= 0.3 is 0 Å². The fraction of sp³-hybridized carbons (Fsp3) is 0.538. The van der Waals surface area contributed by atoms with Gasteiger partial charge in [-0.3, -0.25) is 9.59 Å². The Labute approximate surface area is 118 Å². The molecule has 19 heavy (non-hydrogen) atoms. The third-order valence-corrected chi connectivity index (χ3v) is 3.35. The van der Waals surface area contributed by atoms with Crippen molar-refractivity contribution in [1.82, 2.24) is 9.88 Å². The highest BCUT2D eigenvalue weighted by atomic mass is 35.5. The van der Waals surface area contributed by atoms with Gasteiger partial charge in [0.05, 0.1) is 5.69 Å². The molecule has 1 aliphatic heterocycles. The molecule has 1 amide bonds. The fourth-order valence-electron chi connectivity index (χ4n) is 2.28. The number of aromatic nitrogens is 1. The topological polar surface area (TPSA) is 63.1 Å². The third kappa shape index (κ3) is 4.08. The Morgan fingerprint density at radius 1 is 1.47 bits per heavy atom. The molecular weight excluding hydrogens is 266 g/mol. The van der Waals surface area contributed by atoms with Crippen LogP contribution in [0.15, 0.2) is 23.1 Å². The van der Waals surface area contributed by atoms with Crippen LogP contribution in [0, 0.1) is 5.92 Å². The van der Waals surface area contributed by atoms with E-state index in [1.54, 1.807) is 19.3 Å². The lowest BCUT2D eigenvalue weighted by Gasteiger charge is -2.27. The lowest BCUT2D eigenvalue weighted by atomic mass is 9.92. The van der Waals surface area contributed by atoms with Crippen LogP contribution < -0.4 is 16.2 Å². The summed E-state index contributed by atoms with van der Waals surface area (Å²) in [6, 6.07) is 3.49. The van der Waals surface area contributed by atoms with Gasteiger partial charge in [-0.2, -0.15) is 0 Å². The Morgan fingerprint density at radius 3 is 2.84 bits per heavy atom. The molecule has 1 aliphatic rings. The Morgan fingerprint density at radius 2 is 2.21 bits per heavy atom. The molecule has 0 bridgehead atoms. The number of halogens is 1. The number of hydrogen-bond donors (Lipinski definition) is 2. The second-order valence-corrected chi connectivity index (χ2v) is 4.93. The summed E-state index contributed by atoms with van der Waals surface area (Å²) < 4.78 is 1.46. The first kappa shape index (κ1) is 15.7. The first-order valence-corrected chi connectivity index (χ1v) is 6.27. The molecule has 1 aromatic rings. The third-order valence-electron chi connectivity index (χ3n) is 3.35. The minimum atomic E-state index is -0.0801. The number of nitrogens with one attached hydrogen (secondary N) is 2. The van der Waals surface area contributed by atoms with Crippen LogP contribution in [0.3, 0.4) is 0 Å². The molecule has 1 saturated heterocycles. The summed E-state index contributed by atoms with van der Waals surface area (Å²) in [5, 5.41) is 6.20. The number of amides is 1. The van der Waals surface area contributed by atoms with Gasteiger partial charge in [0.25, 0.3) is 0 Å². The summed E-state index contributed by atoms with van der Waals surface area (Å²) in [5.74, 6) is 0.0977.